The lowest BCUT2D eigenvalue weighted by Gasteiger charge is -2.10. The fraction of sp³-hybridized carbons (Fsp3) is 0.857. The third kappa shape index (κ3) is 8.97. The van der Waals surface area contributed by atoms with E-state index in [9.17, 15) is 18.0 Å². The summed E-state index contributed by atoms with van der Waals surface area (Å²) in [5, 5.41) is 4.51. The summed E-state index contributed by atoms with van der Waals surface area (Å²) >= 11 is 0. The van der Waals surface area contributed by atoms with Gasteiger partial charge in [-0.05, 0) is 13.8 Å². The van der Waals surface area contributed by atoms with Gasteiger partial charge in [0.15, 0.2) is 0 Å². The SMILES string of the molecule is CC(C)NC(=O)NCCC(F)(F)F. The van der Waals surface area contributed by atoms with Gasteiger partial charge in [0.05, 0.1) is 6.42 Å². The Morgan fingerprint density at radius 3 is 2.31 bits per heavy atom. The molecule has 0 saturated carbocycles. The van der Waals surface area contributed by atoms with Crippen molar-refractivity contribution in [3.05, 3.63) is 0 Å². The predicted molar refractivity (Wildman–Crippen MR) is 42.3 cm³/mol. The van der Waals surface area contributed by atoms with Gasteiger partial charge in [-0.15, -0.1) is 0 Å². The second-order valence-electron chi connectivity index (χ2n) is 2.92. The Morgan fingerprint density at radius 1 is 1.38 bits per heavy atom. The second-order valence-corrected chi connectivity index (χ2v) is 2.92. The van der Waals surface area contributed by atoms with Gasteiger partial charge in [0.2, 0.25) is 0 Å². The average Bonchev–Trinajstić information content (AvgIpc) is 1.81. The van der Waals surface area contributed by atoms with Gasteiger partial charge in [0, 0.05) is 12.6 Å². The Kier molecular flexibility index (Phi) is 4.58. The van der Waals surface area contributed by atoms with E-state index in [2.05, 4.69) is 10.6 Å². The number of halogens is 3. The zero-order valence-electron chi connectivity index (χ0n) is 7.53. The number of amides is 2. The molecule has 0 atom stereocenters. The maximum atomic E-state index is 11.6. The van der Waals surface area contributed by atoms with Gasteiger partial charge in [0.1, 0.15) is 0 Å². The van der Waals surface area contributed by atoms with Crippen LogP contribution in [0.25, 0.3) is 0 Å². The summed E-state index contributed by atoms with van der Waals surface area (Å²) in [7, 11) is 0. The van der Waals surface area contributed by atoms with Gasteiger partial charge in [0.25, 0.3) is 0 Å². The topological polar surface area (TPSA) is 41.1 Å². The first-order valence-corrected chi connectivity index (χ1v) is 3.92. The van der Waals surface area contributed by atoms with Crippen LogP contribution in [0.1, 0.15) is 20.3 Å². The minimum absolute atomic E-state index is 0.0779. The third-order valence-corrected chi connectivity index (χ3v) is 1.11. The molecule has 13 heavy (non-hydrogen) atoms. The van der Waals surface area contributed by atoms with Gasteiger partial charge < -0.3 is 10.6 Å². The van der Waals surface area contributed by atoms with E-state index in [0.717, 1.165) is 0 Å². The third-order valence-electron chi connectivity index (χ3n) is 1.11. The molecule has 0 unspecified atom stereocenters. The number of rotatable bonds is 3. The second kappa shape index (κ2) is 4.94. The number of hydrogen-bond acceptors (Lipinski definition) is 1. The molecule has 0 aromatic rings. The van der Waals surface area contributed by atoms with E-state index in [1.807, 2.05) is 0 Å². The number of hydrogen-bond donors (Lipinski definition) is 2. The lowest BCUT2D eigenvalue weighted by atomic mass is 10.4. The Morgan fingerprint density at radius 2 is 1.92 bits per heavy atom. The van der Waals surface area contributed by atoms with E-state index < -0.39 is 18.6 Å². The van der Waals surface area contributed by atoms with Crippen LogP contribution in [-0.2, 0) is 0 Å². The van der Waals surface area contributed by atoms with Crippen molar-refractivity contribution < 1.29 is 18.0 Å². The molecule has 2 amide bonds. The molecule has 0 saturated heterocycles. The van der Waals surface area contributed by atoms with E-state index in [4.69, 9.17) is 0 Å². The lowest BCUT2D eigenvalue weighted by molar-refractivity contribution is -0.132. The summed E-state index contributed by atoms with van der Waals surface area (Å²) in [5.74, 6) is 0. The molecule has 0 bridgehead atoms. The predicted octanol–water partition coefficient (Wildman–Crippen LogP) is 1.65. The van der Waals surface area contributed by atoms with Gasteiger partial charge in [-0.2, -0.15) is 13.2 Å². The van der Waals surface area contributed by atoms with Crippen LogP contribution in [-0.4, -0.2) is 24.8 Å². The monoisotopic (exact) mass is 198 g/mol. The van der Waals surface area contributed by atoms with E-state index >= 15 is 0 Å². The van der Waals surface area contributed by atoms with Gasteiger partial charge in [-0.3, -0.25) is 0 Å². The molecule has 0 spiro atoms. The molecule has 0 aromatic heterocycles. The fourth-order valence-electron chi connectivity index (χ4n) is 0.631. The normalized spacial score (nSPS) is 11.5. The summed E-state index contributed by atoms with van der Waals surface area (Å²) in [5.41, 5.74) is 0. The van der Waals surface area contributed by atoms with Crippen LogP contribution < -0.4 is 10.6 Å². The first kappa shape index (κ1) is 12.1. The van der Waals surface area contributed by atoms with E-state index in [1.54, 1.807) is 13.8 Å². The van der Waals surface area contributed by atoms with Gasteiger partial charge in [-0.25, -0.2) is 4.79 Å². The first-order chi connectivity index (χ1) is 5.81. The fourth-order valence-corrected chi connectivity index (χ4v) is 0.631. The molecule has 0 radical (unpaired) electrons. The maximum Gasteiger partial charge on any atom is 0.390 e. The minimum atomic E-state index is -4.22. The van der Waals surface area contributed by atoms with Crippen LogP contribution in [0.2, 0.25) is 0 Å². The number of urea groups is 1. The highest BCUT2D eigenvalue weighted by Gasteiger charge is 2.26. The van der Waals surface area contributed by atoms with Crippen LogP contribution in [0.5, 0.6) is 0 Å². The van der Waals surface area contributed by atoms with Crippen molar-refractivity contribution >= 4 is 6.03 Å². The summed E-state index contributed by atoms with van der Waals surface area (Å²) in [6.07, 6.45) is -5.22. The molecule has 0 rings (SSSR count). The largest absolute Gasteiger partial charge is 0.390 e. The standard InChI is InChI=1S/C7H13F3N2O/c1-5(2)12-6(13)11-4-3-7(8,9)10/h5H,3-4H2,1-2H3,(H2,11,12,13). The highest BCUT2D eigenvalue weighted by Crippen LogP contribution is 2.17. The summed E-state index contributed by atoms with van der Waals surface area (Å²) < 4.78 is 34.8. The Balaban J connectivity index is 3.49. The van der Waals surface area contributed by atoms with Crippen LogP contribution in [0.15, 0.2) is 0 Å². The van der Waals surface area contributed by atoms with Crippen LogP contribution in [0.3, 0.4) is 0 Å². The summed E-state index contributed by atoms with van der Waals surface area (Å²) in [6, 6.07) is -0.648. The minimum Gasteiger partial charge on any atom is -0.338 e. The number of nitrogens with one attached hydrogen (secondary N) is 2. The first-order valence-electron chi connectivity index (χ1n) is 3.92. The van der Waals surface area contributed by atoms with Crippen LogP contribution >= 0.6 is 0 Å². The van der Waals surface area contributed by atoms with Gasteiger partial charge >= 0.3 is 12.2 Å². The van der Waals surface area contributed by atoms with E-state index in [1.165, 1.54) is 0 Å². The number of carbonyl (C=O) groups is 1. The number of carbonyl (C=O) groups excluding carboxylic acids is 1. The molecule has 0 heterocycles. The zero-order valence-corrected chi connectivity index (χ0v) is 7.53. The van der Waals surface area contributed by atoms with Crippen molar-refractivity contribution in [2.24, 2.45) is 0 Å². The molecule has 0 fully saturated rings. The van der Waals surface area contributed by atoms with Crippen molar-refractivity contribution in [2.45, 2.75) is 32.5 Å². The maximum absolute atomic E-state index is 11.6. The van der Waals surface area contributed by atoms with E-state index in [-0.39, 0.29) is 12.6 Å². The highest BCUT2D eigenvalue weighted by atomic mass is 19.4. The molecule has 3 nitrogen and oxygen atoms in total. The molecule has 0 aliphatic rings. The average molecular weight is 198 g/mol. The smallest absolute Gasteiger partial charge is 0.338 e. The van der Waals surface area contributed by atoms with E-state index in [0.29, 0.717) is 0 Å². The molecule has 0 aliphatic heterocycles. The van der Waals surface area contributed by atoms with Crippen molar-refractivity contribution in [3.8, 4) is 0 Å². The number of alkyl halides is 3. The quantitative estimate of drug-likeness (QED) is 0.711. The summed E-state index contributed by atoms with van der Waals surface area (Å²) in [4.78, 5) is 10.7. The summed E-state index contributed by atoms with van der Waals surface area (Å²) in [6.45, 7) is 3.06. The van der Waals surface area contributed by atoms with Crippen molar-refractivity contribution in [3.63, 3.8) is 0 Å². The van der Waals surface area contributed by atoms with Crippen molar-refractivity contribution in [1.82, 2.24) is 10.6 Å². The Bertz CT molecular complexity index is 168. The van der Waals surface area contributed by atoms with Crippen LogP contribution in [0, 0.1) is 0 Å². The lowest BCUT2D eigenvalue weighted by Crippen LogP contribution is -2.40. The Hall–Kier alpha value is -0.940. The van der Waals surface area contributed by atoms with Crippen LogP contribution in [0.4, 0.5) is 18.0 Å². The molecule has 0 aliphatic carbocycles. The molecular formula is C7H13F3N2O. The highest BCUT2D eigenvalue weighted by molar-refractivity contribution is 5.73. The van der Waals surface area contributed by atoms with Gasteiger partial charge in [-0.1, -0.05) is 0 Å². The molecule has 2 N–H and O–H groups in total. The molecule has 0 aromatic carbocycles. The molecule has 6 heteroatoms. The molecular weight excluding hydrogens is 185 g/mol. The zero-order chi connectivity index (χ0) is 10.5. The van der Waals surface area contributed by atoms with Crippen molar-refractivity contribution in [2.75, 3.05) is 6.54 Å². The van der Waals surface area contributed by atoms with Crippen molar-refractivity contribution in [1.29, 1.82) is 0 Å². The Labute approximate surface area is 74.7 Å². The molecule has 78 valence electrons.